The molecule has 0 spiro atoms. The van der Waals surface area contributed by atoms with Crippen LogP contribution in [0, 0.1) is 5.92 Å². The molecular formula is C12H22O2. The molecule has 82 valence electrons. The van der Waals surface area contributed by atoms with Gasteiger partial charge in [0.25, 0.3) is 0 Å². The van der Waals surface area contributed by atoms with Gasteiger partial charge in [0.2, 0.25) is 0 Å². The van der Waals surface area contributed by atoms with Crippen molar-refractivity contribution in [2.45, 2.75) is 46.5 Å². The molecule has 0 saturated carbocycles. The molecule has 0 rings (SSSR count). The highest BCUT2D eigenvalue weighted by atomic mass is 16.5. The molecule has 2 nitrogen and oxygen atoms in total. The second kappa shape index (κ2) is 8.79. The van der Waals surface area contributed by atoms with Gasteiger partial charge in [-0.3, -0.25) is 0 Å². The first-order valence-electron chi connectivity index (χ1n) is 5.50. The summed E-state index contributed by atoms with van der Waals surface area (Å²) in [7, 11) is 0. The Labute approximate surface area is 87.3 Å². The van der Waals surface area contributed by atoms with Gasteiger partial charge in [-0.25, -0.2) is 4.79 Å². The van der Waals surface area contributed by atoms with Crippen molar-refractivity contribution in [2.75, 3.05) is 6.61 Å². The van der Waals surface area contributed by atoms with Crippen LogP contribution in [0.2, 0.25) is 0 Å². The van der Waals surface area contributed by atoms with Gasteiger partial charge in [-0.1, -0.05) is 39.2 Å². The van der Waals surface area contributed by atoms with E-state index < -0.39 is 0 Å². The fourth-order valence-corrected chi connectivity index (χ4v) is 1.23. The van der Waals surface area contributed by atoms with Crippen LogP contribution < -0.4 is 0 Å². The minimum Gasteiger partial charge on any atom is -0.462 e. The SMILES string of the molecule is CC=CC(=O)OCC(C)CCCCC. The van der Waals surface area contributed by atoms with Crippen LogP contribution in [0.15, 0.2) is 12.2 Å². The maximum atomic E-state index is 11.0. The van der Waals surface area contributed by atoms with E-state index in [1.165, 1.54) is 25.3 Å². The third kappa shape index (κ3) is 7.84. The zero-order chi connectivity index (χ0) is 10.8. The molecule has 2 heteroatoms. The molecule has 0 bridgehead atoms. The number of ether oxygens (including phenoxy) is 1. The van der Waals surface area contributed by atoms with E-state index in [0.717, 1.165) is 6.42 Å². The van der Waals surface area contributed by atoms with Crippen molar-refractivity contribution in [2.24, 2.45) is 5.92 Å². The lowest BCUT2D eigenvalue weighted by Crippen LogP contribution is -2.09. The van der Waals surface area contributed by atoms with Crippen molar-refractivity contribution in [1.29, 1.82) is 0 Å². The van der Waals surface area contributed by atoms with Crippen LogP contribution in [0.3, 0.4) is 0 Å². The minimum atomic E-state index is -0.227. The van der Waals surface area contributed by atoms with Crippen molar-refractivity contribution in [3.8, 4) is 0 Å². The van der Waals surface area contributed by atoms with Crippen molar-refractivity contribution in [3.63, 3.8) is 0 Å². The molecule has 0 N–H and O–H groups in total. The van der Waals surface area contributed by atoms with Gasteiger partial charge in [-0.15, -0.1) is 0 Å². The molecule has 0 aliphatic carbocycles. The summed E-state index contributed by atoms with van der Waals surface area (Å²) in [5, 5.41) is 0. The maximum absolute atomic E-state index is 11.0. The Kier molecular flexibility index (Phi) is 8.30. The number of hydrogen-bond donors (Lipinski definition) is 0. The Hall–Kier alpha value is -0.790. The standard InChI is InChI=1S/C12H22O2/c1-4-6-7-9-11(3)10-14-12(13)8-5-2/h5,8,11H,4,6-7,9-10H2,1-3H3. The van der Waals surface area contributed by atoms with Crippen LogP contribution in [-0.2, 0) is 9.53 Å². The lowest BCUT2D eigenvalue weighted by molar-refractivity contribution is -0.139. The number of esters is 1. The largest absolute Gasteiger partial charge is 0.462 e. The Balaban J connectivity index is 3.43. The summed E-state index contributed by atoms with van der Waals surface area (Å²) in [6.45, 7) is 6.67. The van der Waals surface area contributed by atoms with Crippen LogP contribution in [0.1, 0.15) is 46.5 Å². The first kappa shape index (κ1) is 13.2. The molecule has 0 aromatic rings. The van der Waals surface area contributed by atoms with E-state index in [0.29, 0.717) is 12.5 Å². The van der Waals surface area contributed by atoms with E-state index in [1.807, 2.05) is 6.92 Å². The van der Waals surface area contributed by atoms with Crippen LogP contribution in [0.4, 0.5) is 0 Å². The summed E-state index contributed by atoms with van der Waals surface area (Å²) in [5.41, 5.74) is 0. The monoisotopic (exact) mass is 198 g/mol. The summed E-state index contributed by atoms with van der Waals surface area (Å²) < 4.78 is 5.05. The quantitative estimate of drug-likeness (QED) is 0.356. The summed E-state index contributed by atoms with van der Waals surface area (Å²) in [6.07, 6.45) is 8.05. The Morgan fingerprint density at radius 3 is 2.71 bits per heavy atom. The van der Waals surface area contributed by atoms with Crippen molar-refractivity contribution < 1.29 is 9.53 Å². The van der Waals surface area contributed by atoms with Crippen molar-refractivity contribution >= 4 is 5.97 Å². The Bertz CT molecular complexity index is 173. The first-order chi connectivity index (χ1) is 6.70. The zero-order valence-corrected chi connectivity index (χ0v) is 9.58. The highest BCUT2D eigenvalue weighted by molar-refractivity contribution is 5.81. The van der Waals surface area contributed by atoms with Gasteiger partial charge in [-0.2, -0.15) is 0 Å². The van der Waals surface area contributed by atoms with E-state index in [4.69, 9.17) is 4.74 Å². The number of carbonyl (C=O) groups is 1. The van der Waals surface area contributed by atoms with E-state index in [1.54, 1.807) is 6.08 Å². The third-order valence-electron chi connectivity index (χ3n) is 2.11. The Morgan fingerprint density at radius 1 is 1.43 bits per heavy atom. The molecule has 0 amide bonds. The zero-order valence-electron chi connectivity index (χ0n) is 9.58. The highest BCUT2D eigenvalue weighted by Gasteiger charge is 2.04. The first-order valence-corrected chi connectivity index (χ1v) is 5.50. The molecule has 0 saturated heterocycles. The molecule has 0 aromatic carbocycles. The van der Waals surface area contributed by atoms with Crippen LogP contribution in [0.5, 0.6) is 0 Å². The topological polar surface area (TPSA) is 26.3 Å². The lowest BCUT2D eigenvalue weighted by Gasteiger charge is -2.10. The molecule has 0 aliphatic rings. The van der Waals surface area contributed by atoms with E-state index in [2.05, 4.69) is 13.8 Å². The van der Waals surface area contributed by atoms with Gasteiger partial charge >= 0.3 is 5.97 Å². The van der Waals surface area contributed by atoms with Crippen LogP contribution in [0.25, 0.3) is 0 Å². The van der Waals surface area contributed by atoms with Gasteiger partial charge in [0.05, 0.1) is 6.61 Å². The second-order valence-electron chi connectivity index (χ2n) is 3.73. The summed E-state index contributed by atoms with van der Waals surface area (Å²) in [6, 6.07) is 0. The van der Waals surface area contributed by atoms with Crippen LogP contribution >= 0.6 is 0 Å². The minimum absolute atomic E-state index is 0.227. The predicted octanol–water partition coefficient (Wildman–Crippen LogP) is 3.32. The molecule has 14 heavy (non-hydrogen) atoms. The van der Waals surface area contributed by atoms with Gasteiger partial charge in [0, 0.05) is 6.08 Å². The molecule has 0 fully saturated rings. The second-order valence-corrected chi connectivity index (χ2v) is 3.73. The molecule has 0 aromatic heterocycles. The molecule has 0 heterocycles. The summed E-state index contributed by atoms with van der Waals surface area (Å²) in [4.78, 5) is 11.0. The summed E-state index contributed by atoms with van der Waals surface area (Å²) >= 11 is 0. The average molecular weight is 198 g/mol. The van der Waals surface area contributed by atoms with E-state index >= 15 is 0 Å². The van der Waals surface area contributed by atoms with Gasteiger partial charge in [0.15, 0.2) is 0 Å². The van der Waals surface area contributed by atoms with Crippen molar-refractivity contribution in [1.82, 2.24) is 0 Å². The lowest BCUT2D eigenvalue weighted by atomic mass is 10.0. The van der Waals surface area contributed by atoms with Gasteiger partial charge in [0.1, 0.15) is 0 Å². The van der Waals surface area contributed by atoms with Crippen molar-refractivity contribution in [3.05, 3.63) is 12.2 Å². The number of rotatable bonds is 7. The van der Waals surface area contributed by atoms with Gasteiger partial charge in [-0.05, 0) is 19.3 Å². The fourth-order valence-electron chi connectivity index (χ4n) is 1.23. The fraction of sp³-hybridized carbons (Fsp3) is 0.750. The smallest absolute Gasteiger partial charge is 0.330 e. The normalized spacial score (nSPS) is 13.1. The number of unbranched alkanes of at least 4 members (excludes halogenated alkanes) is 2. The predicted molar refractivity (Wildman–Crippen MR) is 59.1 cm³/mol. The van der Waals surface area contributed by atoms with E-state index in [9.17, 15) is 4.79 Å². The Morgan fingerprint density at radius 2 is 2.14 bits per heavy atom. The molecular weight excluding hydrogens is 176 g/mol. The van der Waals surface area contributed by atoms with Crippen LogP contribution in [-0.4, -0.2) is 12.6 Å². The molecule has 0 radical (unpaired) electrons. The molecule has 1 unspecified atom stereocenters. The third-order valence-corrected chi connectivity index (χ3v) is 2.11. The number of hydrogen-bond acceptors (Lipinski definition) is 2. The average Bonchev–Trinajstić information content (AvgIpc) is 2.16. The molecule has 1 atom stereocenters. The number of carbonyl (C=O) groups excluding carboxylic acids is 1. The number of allylic oxidation sites excluding steroid dienone is 1. The summed E-state index contributed by atoms with van der Waals surface area (Å²) in [5.74, 6) is 0.255. The maximum Gasteiger partial charge on any atom is 0.330 e. The highest BCUT2D eigenvalue weighted by Crippen LogP contribution is 2.09. The molecule has 0 aliphatic heterocycles. The van der Waals surface area contributed by atoms with Gasteiger partial charge < -0.3 is 4.74 Å². The van der Waals surface area contributed by atoms with E-state index in [-0.39, 0.29) is 5.97 Å².